The first-order valence-corrected chi connectivity index (χ1v) is 7.58. The molecule has 0 amide bonds. The molecule has 0 heterocycles. The molecule has 0 radical (unpaired) electrons. The number of benzene rings is 1. The van der Waals surface area contributed by atoms with Crippen molar-refractivity contribution in [2.45, 2.75) is 37.5 Å². The fraction of sp³-hybridized carbons (Fsp3) is 0.467. The maximum atomic E-state index is 6.26. The predicted molar refractivity (Wildman–Crippen MR) is 80.6 cm³/mol. The molecule has 98 valence electrons. The third-order valence-corrected chi connectivity index (χ3v) is 4.26. The Morgan fingerprint density at radius 1 is 1.39 bits per heavy atom. The zero-order valence-electron chi connectivity index (χ0n) is 10.6. The minimum atomic E-state index is 0.212. The fourth-order valence-electron chi connectivity index (χ4n) is 2.34. The Bertz CT molecular complexity index is 442. The molecule has 0 spiro atoms. The van der Waals surface area contributed by atoms with E-state index in [-0.39, 0.29) is 5.38 Å². The minimum Gasteiger partial charge on any atom is -0.496 e. The lowest BCUT2D eigenvalue weighted by molar-refractivity contribution is 0.412. The molecular weight excluding hydrogens is 312 g/mol. The van der Waals surface area contributed by atoms with E-state index in [1.165, 1.54) is 30.4 Å². The zero-order chi connectivity index (χ0) is 13.0. The van der Waals surface area contributed by atoms with Crippen LogP contribution in [0, 0.1) is 0 Å². The zero-order valence-corrected chi connectivity index (χ0v) is 12.9. The first-order chi connectivity index (χ1) is 8.69. The van der Waals surface area contributed by atoms with E-state index in [2.05, 4.69) is 34.1 Å². The van der Waals surface area contributed by atoms with Crippen LogP contribution in [0.3, 0.4) is 0 Å². The number of hydrogen-bond donors (Lipinski definition) is 0. The molecule has 0 N–H and O–H groups in total. The summed E-state index contributed by atoms with van der Waals surface area (Å²) in [5.41, 5.74) is 2.77. The Kier molecular flexibility index (Phi) is 5.13. The molecule has 0 fully saturated rings. The van der Waals surface area contributed by atoms with Gasteiger partial charge in [-0.05, 0) is 59.3 Å². The quantitative estimate of drug-likeness (QED) is 0.553. The Hall–Kier alpha value is -0.470. The summed E-state index contributed by atoms with van der Waals surface area (Å²) in [5, 5.41) is 0.212. The van der Waals surface area contributed by atoms with Crippen LogP contribution in [0.2, 0.25) is 0 Å². The second-order valence-corrected chi connectivity index (χ2v) is 6.15. The Balaban J connectivity index is 2.11. The summed E-state index contributed by atoms with van der Waals surface area (Å²) >= 11 is 9.78. The van der Waals surface area contributed by atoms with Gasteiger partial charge < -0.3 is 4.74 Å². The molecule has 0 aliphatic heterocycles. The van der Waals surface area contributed by atoms with Crippen molar-refractivity contribution in [3.63, 3.8) is 0 Å². The molecule has 1 aliphatic rings. The lowest BCUT2D eigenvalue weighted by Gasteiger charge is -2.09. The molecule has 0 aromatic heterocycles. The SMILES string of the molecule is COc1ccc(CC2=CC(Cl)CCCC2)cc1Br. The standard InChI is InChI=1S/C15H18BrClO/c1-18-15-7-6-12(10-14(15)16)8-11-4-2-3-5-13(17)9-11/h6-7,9-10,13H,2-5,8H2,1H3. The second-order valence-electron chi connectivity index (χ2n) is 4.73. The van der Waals surface area contributed by atoms with Crippen molar-refractivity contribution in [1.29, 1.82) is 0 Å². The highest BCUT2D eigenvalue weighted by molar-refractivity contribution is 9.10. The van der Waals surface area contributed by atoms with Gasteiger partial charge in [0.25, 0.3) is 0 Å². The molecule has 1 nitrogen and oxygen atoms in total. The van der Waals surface area contributed by atoms with Gasteiger partial charge in [-0.1, -0.05) is 24.1 Å². The summed E-state index contributed by atoms with van der Waals surface area (Å²) in [7, 11) is 1.69. The second kappa shape index (κ2) is 6.63. The Labute approximate surface area is 122 Å². The summed E-state index contributed by atoms with van der Waals surface area (Å²) in [4.78, 5) is 0. The number of allylic oxidation sites excluding steroid dienone is 2. The first kappa shape index (κ1) is 14.0. The van der Waals surface area contributed by atoms with E-state index in [0.29, 0.717) is 0 Å². The summed E-state index contributed by atoms with van der Waals surface area (Å²) in [6, 6.07) is 6.27. The van der Waals surface area contributed by atoms with Crippen molar-refractivity contribution in [2.24, 2.45) is 0 Å². The largest absolute Gasteiger partial charge is 0.496 e. The maximum absolute atomic E-state index is 6.26. The summed E-state index contributed by atoms with van der Waals surface area (Å²) in [5.74, 6) is 0.879. The van der Waals surface area contributed by atoms with E-state index in [1.54, 1.807) is 7.11 Å². The third-order valence-electron chi connectivity index (χ3n) is 3.29. The molecule has 1 unspecified atom stereocenters. The van der Waals surface area contributed by atoms with Crippen LogP contribution in [0.25, 0.3) is 0 Å². The lowest BCUT2D eigenvalue weighted by Crippen LogP contribution is -1.95. The van der Waals surface area contributed by atoms with Gasteiger partial charge in [0.2, 0.25) is 0 Å². The van der Waals surface area contributed by atoms with Crippen LogP contribution in [-0.4, -0.2) is 12.5 Å². The van der Waals surface area contributed by atoms with Crippen LogP contribution in [0.4, 0.5) is 0 Å². The molecule has 18 heavy (non-hydrogen) atoms. The van der Waals surface area contributed by atoms with Crippen molar-refractivity contribution in [3.8, 4) is 5.75 Å². The van der Waals surface area contributed by atoms with E-state index in [1.807, 2.05) is 6.07 Å². The van der Waals surface area contributed by atoms with Gasteiger partial charge in [-0.3, -0.25) is 0 Å². The highest BCUT2D eigenvalue weighted by Gasteiger charge is 2.10. The van der Waals surface area contributed by atoms with E-state index >= 15 is 0 Å². The number of hydrogen-bond acceptors (Lipinski definition) is 1. The van der Waals surface area contributed by atoms with Crippen LogP contribution in [0.5, 0.6) is 5.75 Å². The normalized spacial score (nSPS) is 20.2. The molecule has 1 aromatic rings. The molecule has 0 saturated carbocycles. The molecule has 2 rings (SSSR count). The summed E-state index contributed by atoms with van der Waals surface area (Å²) < 4.78 is 6.26. The van der Waals surface area contributed by atoms with Gasteiger partial charge in [-0.15, -0.1) is 11.6 Å². The van der Waals surface area contributed by atoms with Gasteiger partial charge in [0, 0.05) is 0 Å². The van der Waals surface area contributed by atoms with Crippen molar-refractivity contribution in [2.75, 3.05) is 7.11 Å². The van der Waals surface area contributed by atoms with Gasteiger partial charge in [0.15, 0.2) is 0 Å². The van der Waals surface area contributed by atoms with Gasteiger partial charge in [0.1, 0.15) is 5.75 Å². The number of halogens is 2. The number of rotatable bonds is 3. The number of methoxy groups -OCH3 is 1. The van der Waals surface area contributed by atoms with Crippen molar-refractivity contribution < 1.29 is 4.74 Å². The molecular formula is C15H18BrClO. The van der Waals surface area contributed by atoms with Gasteiger partial charge in [-0.2, -0.15) is 0 Å². The maximum Gasteiger partial charge on any atom is 0.133 e. The molecule has 1 atom stereocenters. The lowest BCUT2D eigenvalue weighted by atomic mass is 10.0. The van der Waals surface area contributed by atoms with E-state index in [0.717, 1.165) is 23.1 Å². The molecule has 0 saturated heterocycles. The van der Waals surface area contributed by atoms with Gasteiger partial charge >= 0.3 is 0 Å². The van der Waals surface area contributed by atoms with Gasteiger partial charge in [0.05, 0.1) is 17.0 Å². The summed E-state index contributed by atoms with van der Waals surface area (Å²) in [6.07, 6.45) is 8.01. The first-order valence-electron chi connectivity index (χ1n) is 6.35. The Morgan fingerprint density at radius 2 is 2.22 bits per heavy atom. The highest BCUT2D eigenvalue weighted by Crippen LogP contribution is 2.28. The van der Waals surface area contributed by atoms with Crippen molar-refractivity contribution >= 4 is 27.5 Å². The average molecular weight is 330 g/mol. The fourth-order valence-corrected chi connectivity index (χ4v) is 3.26. The van der Waals surface area contributed by atoms with E-state index in [4.69, 9.17) is 16.3 Å². The number of ether oxygens (including phenoxy) is 1. The topological polar surface area (TPSA) is 9.23 Å². The van der Waals surface area contributed by atoms with Crippen LogP contribution in [0.15, 0.2) is 34.3 Å². The molecule has 3 heteroatoms. The van der Waals surface area contributed by atoms with Crippen LogP contribution in [-0.2, 0) is 6.42 Å². The predicted octanol–water partition coefficient (Wildman–Crippen LogP) is 5.11. The average Bonchev–Trinajstić information content (AvgIpc) is 2.54. The summed E-state index contributed by atoms with van der Waals surface area (Å²) in [6.45, 7) is 0. The Morgan fingerprint density at radius 3 is 2.94 bits per heavy atom. The molecule has 1 aliphatic carbocycles. The molecule has 0 bridgehead atoms. The molecule has 1 aromatic carbocycles. The highest BCUT2D eigenvalue weighted by atomic mass is 79.9. The van der Waals surface area contributed by atoms with E-state index in [9.17, 15) is 0 Å². The minimum absolute atomic E-state index is 0.212. The third kappa shape index (κ3) is 3.76. The van der Waals surface area contributed by atoms with Crippen LogP contribution < -0.4 is 4.74 Å². The monoisotopic (exact) mass is 328 g/mol. The van der Waals surface area contributed by atoms with E-state index < -0.39 is 0 Å². The van der Waals surface area contributed by atoms with Crippen molar-refractivity contribution in [1.82, 2.24) is 0 Å². The number of alkyl halides is 1. The van der Waals surface area contributed by atoms with Gasteiger partial charge in [-0.25, -0.2) is 0 Å². The smallest absolute Gasteiger partial charge is 0.133 e. The van der Waals surface area contributed by atoms with Crippen LogP contribution >= 0.6 is 27.5 Å². The van der Waals surface area contributed by atoms with Crippen molar-refractivity contribution in [3.05, 3.63) is 39.9 Å². The van der Waals surface area contributed by atoms with Crippen LogP contribution in [0.1, 0.15) is 31.2 Å².